The summed E-state index contributed by atoms with van der Waals surface area (Å²) in [7, 11) is 0. The van der Waals surface area contributed by atoms with Crippen LogP contribution in [0.25, 0.3) is 0 Å². The van der Waals surface area contributed by atoms with Crippen molar-refractivity contribution in [3.05, 3.63) is 40.4 Å². The van der Waals surface area contributed by atoms with Crippen LogP contribution >= 0.6 is 15.9 Å². The van der Waals surface area contributed by atoms with E-state index in [0.29, 0.717) is 17.5 Å². The van der Waals surface area contributed by atoms with Gasteiger partial charge in [-0.3, -0.25) is 19.3 Å². The lowest BCUT2D eigenvalue weighted by Gasteiger charge is -2.37. The van der Waals surface area contributed by atoms with E-state index in [9.17, 15) is 14.4 Å². The summed E-state index contributed by atoms with van der Waals surface area (Å²) in [6, 6.07) is 4.77. The maximum atomic E-state index is 13.1. The van der Waals surface area contributed by atoms with E-state index in [4.69, 9.17) is 0 Å². The molecule has 0 radical (unpaired) electrons. The summed E-state index contributed by atoms with van der Waals surface area (Å²) in [5.74, 6) is 0.300. The van der Waals surface area contributed by atoms with Crippen LogP contribution < -0.4 is 5.32 Å². The standard InChI is InChI=1S/C21H21BrN2O3/c1-9-7-11(22)3-6-16(9)23-19(25)10(2)24-20(26)17-12-4-5-13(15-8-14(12)15)18(17)21(24)27/h3-7,10,12-15,17-18H,8H2,1-2H3,(H,23,25)/t10-,12-,13-,14-,15-,17-,18+/m1/s1. The van der Waals surface area contributed by atoms with E-state index in [1.54, 1.807) is 6.92 Å². The second-order valence-corrected chi connectivity index (χ2v) is 9.24. The minimum absolute atomic E-state index is 0.162. The van der Waals surface area contributed by atoms with Gasteiger partial charge in [-0.2, -0.15) is 0 Å². The Balaban J connectivity index is 1.38. The Morgan fingerprint density at radius 2 is 1.74 bits per heavy atom. The predicted octanol–water partition coefficient (Wildman–Crippen LogP) is 3.14. The molecule has 3 amide bonds. The number of hydrogen-bond acceptors (Lipinski definition) is 3. The van der Waals surface area contributed by atoms with Crippen LogP contribution in [0.1, 0.15) is 18.9 Å². The number of carbonyl (C=O) groups excluding carboxylic acids is 3. The summed E-state index contributed by atoms with van der Waals surface area (Å²) >= 11 is 3.41. The first-order valence-corrected chi connectivity index (χ1v) is 10.3. The first kappa shape index (κ1) is 17.2. The maximum absolute atomic E-state index is 13.1. The van der Waals surface area contributed by atoms with Gasteiger partial charge in [-0.25, -0.2) is 0 Å². The fraction of sp³-hybridized carbons (Fsp3) is 0.476. The Morgan fingerprint density at radius 3 is 2.30 bits per heavy atom. The van der Waals surface area contributed by atoms with Crippen molar-refractivity contribution in [2.45, 2.75) is 26.3 Å². The van der Waals surface area contributed by atoms with Gasteiger partial charge in [0.15, 0.2) is 0 Å². The Bertz CT molecular complexity index is 875. The number of benzene rings is 1. The summed E-state index contributed by atoms with van der Waals surface area (Å²) < 4.78 is 0.932. The van der Waals surface area contributed by atoms with Gasteiger partial charge in [0.05, 0.1) is 11.8 Å². The van der Waals surface area contributed by atoms with E-state index in [0.717, 1.165) is 16.5 Å². The molecule has 1 aliphatic heterocycles. The predicted molar refractivity (Wildman–Crippen MR) is 104 cm³/mol. The van der Waals surface area contributed by atoms with Crippen molar-refractivity contribution in [3.8, 4) is 0 Å². The Morgan fingerprint density at radius 1 is 1.15 bits per heavy atom. The number of hydrogen-bond donors (Lipinski definition) is 1. The van der Waals surface area contributed by atoms with Crippen molar-refractivity contribution in [1.82, 2.24) is 4.90 Å². The van der Waals surface area contributed by atoms with Crippen LogP contribution in [0.5, 0.6) is 0 Å². The second kappa shape index (κ2) is 5.77. The van der Waals surface area contributed by atoms with Gasteiger partial charge in [0, 0.05) is 10.2 Å². The molecule has 1 heterocycles. The first-order chi connectivity index (χ1) is 12.9. The third kappa shape index (κ3) is 2.38. The average Bonchev–Trinajstić information content (AvgIpc) is 3.41. The lowest BCUT2D eigenvalue weighted by Crippen LogP contribution is -2.46. The Kier molecular flexibility index (Phi) is 3.67. The number of allylic oxidation sites excluding steroid dienone is 2. The summed E-state index contributed by atoms with van der Waals surface area (Å²) in [6.45, 7) is 3.55. The summed E-state index contributed by atoms with van der Waals surface area (Å²) in [5, 5.41) is 2.87. The number of aryl methyl sites for hydroxylation is 1. The molecule has 6 heteroatoms. The monoisotopic (exact) mass is 428 g/mol. The van der Waals surface area contributed by atoms with Crippen LogP contribution in [-0.2, 0) is 14.4 Å². The number of rotatable bonds is 3. The van der Waals surface area contributed by atoms with Crippen molar-refractivity contribution in [2.24, 2.45) is 35.5 Å². The highest BCUT2D eigenvalue weighted by atomic mass is 79.9. The van der Waals surface area contributed by atoms with Crippen molar-refractivity contribution >= 4 is 39.3 Å². The van der Waals surface area contributed by atoms with Gasteiger partial charge < -0.3 is 5.32 Å². The van der Waals surface area contributed by atoms with E-state index in [2.05, 4.69) is 33.4 Å². The molecule has 2 saturated carbocycles. The molecule has 1 aromatic carbocycles. The summed E-state index contributed by atoms with van der Waals surface area (Å²) in [4.78, 5) is 40.2. The van der Waals surface area contributed by atoms with E-state index < -0.39 is 6.04 Å². The van der Waals surface area contributed by atoms with Crippen molar-refractivity contribution < 1.29 is 14.4 Å². The molecule has 140 valence electrons. The summed E-state index contributed by atoms with van der Waals surface area (Å²) in [5.41, 5.74) is 1.61. The lowest BCUT2D eigenvalue weighted by atomic mass is 9.63. The van der Waals surface area contributed by atoms with Crippen LogP contribution in [-0.4, -0.2) is 28.7 Å². The molecule has 0 spiro atoms. The Hall–Kier alpha value is -1.95. The molecule has 0 unspecified atom stereocenters. The highest BCUT2D eigenvalue weighted by molar-refractivity contribution is 9.10. The van der Waals surface area contributed by atoms with Crippen LogP contribution in [0.15, 0.2) is 34.8 Å². The number of amides is 3. The molecule has 27 heavy (non-hydrogen) atoms. The van der Waals surface area contributed by atoms with Gasteiger partial charge in [-0.1, -0.05) is 28.1 Å². The zero-order chi connectivity index (χ0) is 19.0. The number of anilines is 1. The van der Waals surface area contributed by atoms with Crippen LogP contribution in [0.4, 0.5) is 5.69 Å². The summed E-state index contributed by atoms with van der Waals surface area (Å²) in [6.07, 6.45) is 5.42. The van der Waals surface area contributed by atoms with E-state index >= 15 is 0 Å². The lowest BCUT2D eigenvalue weighted by molar-refractivity contribution is -0.146. The molecule has 6 rings (SSSR count). The number of likely N-dealkylation sites (tertiary alicyclic amines) is 1. The smallest absolute Gasteiger partial charge is 0.247 e. The van der Waals surface area contributed by atoms with Crippen molar-refractivity contribution in [1.29, 1.82) is 0 Å². The van der Waals surface area contributed by atoms with Gasteiger partial charge in [-0.05, 0) is 67.7 Å². The third-order valence-electron chi connectivity index (χ3n) is 6.91. The van der Waals surface area contributed by atoms with Crippen LogP contribution in [0.3, 0.4) is 0 Å². The van der Waals surface area contributed by atoms with Gasteiger partial charge in [-0.15, -0.1) is 0 Å². The van der Waals surface area contributed by atoms with Crippen molar-refractivity contribution in [2.75, 3.05) is 5.32 Å². The van der Waals surface area contributed by atoms with E-state index in [-0.39, 0.29) is 41.4 Å². The zero-order valence-electron chi connectivity index (χ0n) is 15.2. The average molecular weight is 429 g/mol. The number of halogens is 1. The minimum atomic E-state index is -0.811. The van der Waals surface area contributed by atoms with Crippen LogP contribution in [0, 0.1) is 42.4 Å². The molecule has 5 aliphatic rings. The second-order valence-electron chi connectivity index (χ2n) is 8.33. The number of nitrogens with zero attached hydrogens (tertiary/aromatic N) is 1. The van der Waals surface area contributed by atoms with Crippen molar-refractivity contribution in [3.63, 3.8) is 0 Å². The molecule has 2 bridgehead atoms. The van der Waals surface area contributed by atoms with E-state index in [1.807, 2.05) is 25.1 Å². The molecule has 0 aromatic heterocycles. The van der Waals surface area contributed by atoms with Gasteiger partial charge in [0.2, 0.25) is 17.7 Å². The van der Waals surface area contributed by atoms with Gasteiger partial charge >= 0.3 is 0 Å². The highest BCUT2D eigenvalue weighted by Crippen LogP contribution is 2.65. The fourth-order valence-corrected chi connectivity index (χ4v) is 5.96. The largest absolute Gasteiger partial charge is 0.324 e. The molecule has 4 aliphatic carbocycles. The van der Waals surface area contributed by atoms with Gasteiger partial charge in [0.25, 0.3) is 0 Å². The third-order valence-corrected chi connectivity index (χ3v) is 7.40. The first-order valence-electron chi connectivity index (χ1n) is 9.50. The normalized spacial score (nSPS) is 36.5. The molecule has 7 atom stereocenters. The Labute approximate surface area is 166 Å². The maximum Gasteiger partial charge on any atom is 0.247 e. The van der Waals surface area contributed by atoms with E-state index in [1.165, 1.54) is 4.90 Å². The van der Waals surface area contributed by atoms with Crippen LogP contribution in [0.2, 0.25) is 0 Å². The fourth-order valence-electron chi connectivity index (χ4n) is 5.48. The quantitative estimate of drug-likeness (QED) is 0.593. The molecule has 1 saturated heterocycles. The molecule has 5 nitrogen and oxygen atoms in total. The molecular formula is C21H21BrN2O3. The minimum Gasteiger partial charge on any atom is -0.324 e. The number of imide groups is 1. The molecule has 1 N–H and O–H groups in total. The topological polar surface area (TPSA) is 66.5 Å². The molecule has 3 fully saturated rings. The van der Waals surface area contributed by atoms with Gasteiger partial charge in [0.1, 0.15) is 6.04 Å². The number of carbonyl (C=O) groups is 3. The SMILES string of the molecule is Cc1cc(Br)ccc1NC(=O)[C@@H](C)N1C(=O)[C@@H]2[C@@H]3C=C[C@H]([C@H]4C[C@H]34)[C@@H]2C1=O. The number of nitrogens with one attached hydrogen (secondary N) is 1. The molecular weight excluding hydrogens is 408 g/mol. The highest BCUT2D eigenvalue weighted by Gasteiger charge is 2.67. The molecule has 1 aromatic rings. The zero-order valence-corrected chi connectivity index (χ0v) is 16.8.